The molecule has 0 amide bonds. The summed E-state index contributed by atoms with van der Waals surface area (Å²) < 4.78 is 0. The molecule has 0 spiro atoms. The van der Waals surface area contributed by atoms with E-state index in [0.717, 1.165) is 18.4 Å². The first-order chi connectivity index (χ1) is 8.15. The maximum Gasteiger partial charge on any atom is 0.0218 e. The number of hydrogen-bond donors (Lipinski definition) is 1. The summed E-state index contributed by atoms with van der Waals surface area (Å²) in [6.45, 7) is 21.8. The van der Waals surface area contributed by atoms with Gasteiger partial charge >= 0.3 is 0 Å². The number of hydrogen-bond acceptors (Lipinski definition) is 2. The number of nitrogens with zero attached hydrogens (tertiary/aromatic N) is 1. The Morgan fingerprint density at radius 3 is 1.67 bits per heavy atom. The summed E-state index contributed by atoms with van der Waals surface area (Å²) in [6, 6.07) is 0.661. The van der Waals surface area contributed by atoms with Crippen molar-refractivity contribution in [3.05, 3.63) is 0 Å². The normalized spacial score (nSPS) is 14.8. The number of rotatable bonds is 8. The van der Waals surface area contributed by atoms with E-state index in [0.29, 0.717) is 6.04 Å². The Morgan fingerprint density at radius 1 is 0.944 bits per heavy atom. The summed E-state index contributed by atoms with van der Waals surface area (Å²) in [5.41, 5.74) is 0.217. The van der Waals surface area contributed by atoms with Crippen molar-refractivity contribution < 1.29 is 0 Å². The van der Waals surface area contributed by atoms with Gasteiger partial charge in [0.15, 0.2) is 0 Å². The molecule has 0 saturated carbocycles. The van der Waals surface area contributed by atoms with E-state index < -0.39 is 0 Å². The third kappa shape index (κ3) is 8.93. The van der Waals surface area contributed by atoms with Crippen molar-refractivity contribution in [1.29, 1.82) is 0 Å². The van der Waals surface area contributed by atoms with Crippen LogP contribution in [0.15, 0.2) is 0 Å². The second kappa shape index (κ2) is 8.16. The lowest BCUT2D eigenvalue weighted by atomic mass is 10.0. The Bertz CT molecular complexity index is 194. The first-order valence-electron chi connectivity index (χ1n) is 7.64. The van der Waals surface area contributed by atoms with Gasteiger partial charge in [-0.15, -0.1) is 0 Å². The maximum absolute atomic E-state index is 3.66. The summed E-state index contributed by atoms with van der Waals surface area (Å²) in [5.74, 6) is 1.49. The lowest BCUT2D eigenvalue weighted by Crippen LogP contribution is -2.49. The molecule has 0 fully saturated rings. The van der Waals surface area contributed by atoms with E-state index >= 15 is 0 Å². The summed E-state index contributed by atoms with van der Waals surface area (Å²) in [4.78, 5) is 2.67. The third-order valence-electron chi connectivity index (χ3n) is 3.05. The first kappa shape index (κ1) is 17.9. The van der Waals surface area contributed by atoms with Gasteiger partial charge < -0.3 is 5.32 Å². The van der Waals surface area contributed by atoms with Gasteiger partial charge in [-0.2, -0.15) is 0 Å². The molecule has 1 N–H and O–H groups in total. The highest BCUT2D eigenvalue weighted by Crippen LogP contribution is 2.12. The summed E-state index contributed by atoms with van der Waals surface area (Å²) in [6.07, 6.45) is 1.22. The van der Waals surface area contributed by atoms with Crippen LogP contribution in [0.4, 0.5) is 0 Å². The molecule has 0 rings (SSSR count). The summed E-state index contributed by atoms with van der Waals surface area (Å²) in [7, 11) is 0. The molecule has 0 aliphatic rings. The van der Waals surface area contributed by atoms with Crippen molar-refractivity contribution in [1.82, 2.24) is 10.2 Å². The standard InChI is InChI=1S/C16H36N2/c1-9-15(10-17-16(6,7)8)18(11-13(2)3)12-14(4)5/h13-15,17H,9-12H2,1-8H3. The highest BCUT2D eigenvalue weighted by molar-refractivity contribution is 4.79. The maximum atomic E-state index is 3.66. The SMILES string of the molecule is CCC(CNC(C)(C)C)N(CC(C)C)CC(C)C. The molecule has 0 aromatic heterocycles. The van der Waals surface area contributed by atoms with Crippen molar-refractivity contribution in [3.8, 4) is 0 Å². The topological polar surface area (TPSA) is 15.3 Å². The fourth-order valence-electron chi connectivity index (χ4n) is 2.27. The Balaban J connectivity index is 4.49. The van der Waals surface area contributed by atoms with Gasteiger partial charge in [0, 0.05) is 31.2 Å². The molecule has 2 heteroatoms. The van der Waals surface area contributed by atoms with Crippen LogP contribution >= 0.6 is 0 Å². The van der Waals surface area contributed by atoms with Gasteiger partial charge in [-0.1, -0.05) is 34.6 Å². The Labute approximate surface area is 116 Å². The van der Waals surface area contributed by atoms with Gasteiger partial charge in [-0.05, 0) is 39.0 Å². The Morgan fingerprint density at radius 2 is 1.39 bits per heavy atom. The molecular formula is C16H36N2. The van der Waals surface area contributed by atoms with Gasteiger partial charge in [-0.25, -0.2) is 0 Å². The third-order valence-corrected chi connectivity index (χ3v) is 3.05. The van der Waals surface area contributed by atoms with Crippen LogP contribution in [0.1, 0.15) is 61.8 Å². The minimum Gasteiger partial charge on any atom is -0.311 e. The van der Waals surface area contributed by atoms with Crippen LogP contribution < -0.4 is 5.32 Å². The van der Waals surface area contributed by atoms with Crippen LogP contribution in [-0.2, 0) is 0 Å². The predicted molar refractivity (Wildman–Crippen MR) is 83.1 cm³/mol. The average Bonchev–Trinajstić information content (AvgIpc) is 2.14. The zero-order valence-corrected chi connectivity index (χ0v) is 14.0. The molecule has 2 nitrogen and oxygen atoms in total. The van der Waals surface area contributed by atoms with E-state index in [9.17, 15) is 0 Å². The lowest BCUT2D eigenvalue weighted by Gasteiger charge is -2.36. The largest absolute Gasteiger partial charge is 0.311 e. The van der Waals surface area contributed by atoms with Crippen LogP contribution in [0.3, 0.4) is 0 Å². The van der Waals surface area contributed by atoms with Crippen LogP contribution in [0, 0.1) is 11.8 Å². The molecular weight excluding hydrogens is 220 g/mol. The molecule has 0 bridgehead atoms. The van der Waals surface area contributed by atoms with E-state index in [-0.39, 0.29) is 5.54 Å². The quantitative estimate of drug-likeness (QED) is 0.711. The first-order valence-corrected chi connectivity index (χ1v) is 7.64. The van der Waals surface area contributed by atoms with Crippen LogP contribution in [-0.4, -0.2) is 36.1 Å². The molecule has 0 heterocycles. The highest BCUT2D eigenvalue weighted by Gasteiger charge is 2.20. The Kier molecular flexibility index (Phi) is 8.13. The van der Waals surface area contributed by atoms with Gasteiger partial charge in [-0.3, -0.25) is 4.90 Å². The van der Waals surface area contributed by atoms with E-state index in [4.69, 9.17) is 0 Å². The van der Waals surface area contributed by atoms with Gasteiger partial charge in [0.1, 0.15) is 0 Å². The van der Waals surface area contributed by atoms with E-state index in [1.807, 2.05) is 0 Å². The van der Waals surface area contributed by atoms with E-state index in [1.54, 1.807) is 0 Å². The second-order valence-electron chi connectivity index (χ2n) is 7.43. The van der Waals surface area contributed by atoms with Crippen molar-refractivity contribution in [2.75, 3.05) is 19.6 Å². The van der Waals surface area contributed by atoms with Crippen LogP contribution in [0.25, 0.3) is 0 Å². The van der Waals surface area contributed by atoms with Crippen LogP contribution in [0.5, 0.6) is 0 Å². The fraction of sp³-hybridized carbons (Fsp3) is 1.00. The zero-order chi connectivity index (χ0) is 14.3. The van der Waals surface area contributed by atoms with Crippen molar-refractivity contribution in [3.63, 3.8) is 0 Å². The van der Waals surface area contributed by atoms with Gasteiger partial charge in [0.2, 0.25) is 0 Å². The molecule has 1 unspecified atom stereocenters. The van der Waals surface area contributed by atoms with Crippen molar-refractivity contribution >= 4 is 0 Å². The van der Waals surface area contributed by atoms with Crippen LogP contribution in [0.2, 0.25) is 0 Å². The summed E-state index contributed by atoms with van der Waals surface area (Å²) >= 11 is 0. The smallest absolute Gasteiger partial charge is 0.0218 e. The number of nitrogens with one attached hydrogen (secondary N) is 1. The van der Waals surface area contributed by atoms with Crippen molar-refractivity contribution in [2.24, 2.45) is 11.8 Å². The molecule has 18 heavy (non-hydrogen) atoms. The second-order valence-corrected chi connectivity index (χ2v) is 7.43. The average molecular weight is 256 g/mol. The molecule has 1 atom stereocenters. The fourth-order valence-corrected chi connectivity index (χ4v) is 2.27. The summed E-state index contributed by atoms with van der Waals surface area (Å²) in [5, 5.41) is 3.66. The van der Waals surface area contributed by atoms with Crippen molar-refractivity contribution in [2.45, 2.75) is 73.4 Å². The molecule has 0 radical (unpaired) electrons. The van der Waals surface area contributed by atoms with E-state index in [1.165, 1.54) is 19.5 Å². The zero-order valence-electron chi connectivity index (χ0n) is 14.0. The highest BCUT2D eigenvalue weighted by atomic mass is 15.2. The minimum absolute atomic E-state index is 0.217. The Hall–Kier alpha value is -0.0800. The molecule has 0 aromatic rings. The monoisotopic (exact) mass is 256 g/mol. The predicted octanol–water partition coefficient (Wildman–Crippen LogP) is 3.77. The molecule has 0 aromatic carbocycles. The molecule has 0 aliphatic carbocycles. The lowest BCUT2D eigenvalue weighted by molar-refractivity contribution is 0.143. The van der Waals surface area contributed by atoms with Gasteiger partial charge in [0.25, 0.3) is 0 Å². The molecule has 110 valence electrons. The molecule has 0 saturated heterocycles. The minimum atomic E-state index is 0.217. The van der Waals surface area contributed by atoms with Gasteiger partial charge in [0.05, 0.1) is 0 Å². The van der Waals surface area contributed by atoms with E-state index in [2.05, 4.69) is 65.6 Å². The molecule has 0 aliphatic heterocycles.